The summed E-state index contributed by atoms with van der Waals surface area (Å²) < 4.78 is 16.4. The van der Waals surface area contributed by atoms with Crippen LogP contribution in [-0.4, -0.2) is 34.7 Å². The lowest BCUT2D eigenvalue weighted by Gasteiger charge is -2.20. The van der Waals surface area contributed by atoms with Crippen molar-refractivity contribution in [2.75, 3.05) is 13.7 Å². The molecule has 0 saturated carbocycles. The molecule has 0 aliphatic rings. The van der Waals surface area contributed by atoms with E-state index in [0.717, 1.165) is 16.6 Å². The van der Waals surface area contributed by atoms with Gasteiger partial charge in [-0.2, -0.15) is 0 Å². The molecule has 3 N–H and O–H groups in total. The summed E-state index contributed by atoms with van der Waals surface area (Å²) in [5, 5.41) is 8.07. The van der Waals surface area contributed by atoms with Crippen LogP contribution in [0.4, 0.5) is 4.39 Å². The molecule has 1 unspecified atom stereocenters. The maximum atomic E-state index is 14.0. The number of amides is 2. The fourth-order valence-electron chi connectivity index (χ4n) is 4.21. The first-order valence-corrected chi connectivity index (χ1v) is 13.7. The van der Waals surface area contributed by atoms with Crippen LogP contribution in [0.2, 0.25) is 0 Å². The third-order valence-corrected chi connectivity index (χ3v) is 6.39. The molecular formula is C31H44FN5O4. The highest BCUT2D eigenvalue weighted by molar-refractivity contribution is 6.12. The summed E-state index contributed by atoms with van der Waals surface area (Å²) in [6.45, 7) is 17.0. The Morgan fingerprint density at radius 1 is 1.12 bits per heavy atom. The van der Waals surface area contributed by atoms with Crippen LogP contribution < -0.4 is 37.8 Å². The fourth-order valence-corrected chi connectivity index (χ4v) is 4.21. The van der Waals surface area contributed by atoms with Crippen LogP contribution in [0.25, 0.3) is 17.5 Å². The summed E-state index contributed by atoms with van der Waals surface area (Å²) >= 11 is 0. The van der Waals surface area contributed by atoms with Gasteiger partial charge in [-0.1, -0.05) is 57.2 Å². The zero-order chi connectivity index (χ0) is 31.3. The van der Waals surface area contributed by atoms with Gasteiger partial charge in [-0.3, -0.25) is 23.5 Å². The average Bonchev–Trinajstić information content (AvgIpc) is 2.92. The van der Waals surface area contributed by atoms with Crippen molar-refractivity contribution in [3.05, 3.63) is 85.8 Å². The molecular weight excluding hydrogens is 525 g/mol. The minimum atomic E-state index is -0.832. The minimum absolute atomic E-state index is 0.00954. The first kappa shape index (κ1) is 34.8. The van der Waals surface area contributed by atoms with Crippen LogP contribution >= 0.6 is 0 Å². The molecule has 9 nitrogen and oxygen atoms in total. The molecule has 0 fully saturated rings. The quantitative estimate of drug-likeness (QED) is 0.298. The highest BCUT2D eigenvalue weighted by Crippen LogP contribution is 2.10. The Hall–Kier alpha value is -4.21. The van der Waals surface area contributed by atoms with E-state index < -0.39 is 29.9 Å². The standard InChI is InChI=1S/C31H44FN5O4/c1-10-14-22(6)36-30(40)27(19-34-25(18-32)16-13-15-20(4)11-2)28(23(7)29(39)33-9)37(31(36)41)26(12-3)17-21(5)35-24(8)38/h11,15-17,19,22,34H,2,5,10,12-14,18H2,1,3-4,6-9H3,(H,33,39)(H,35,38)/b20-15?,25-16+,26-17+,27-19-,28-23+. The number of hydrogen-bond acceptors (Lipinski definition) is 5. The average molecular weight is 570 g/mol. The lowest BCUT2D eigenvalue weighted by molar-refractivity contribution is -0.118. The number of halogens is 1. The van der Waals surface area contributed by atoms with Gasteiger partial charge in [0.1, 0.15) is 6.67 Å². The second-order valence-electron chi connectivity index (χ2n) is 9.63. The molecule has 0 spiro atoms. The molecule has 2 amide bonds. The number of carbonyl (C=O) groups is 2. The predicted molar refractivity (Wildman–Crippen MR) is 165 cm³/mol. The Kier molecular flexibility index (Phi) is 14.3. The van der Waals surface area contributed by atoms with Crippen molar-refractivity contribution in [3.8, 4) is 0 Å². The molecule has 0 saturated heterocycles. The highest BCUT2D eigenvalue weighted by atomic mass is 19.1. The van der Waals surface area contributed by atoms with Gasteiger partial charge >= 0.3 is 5.69 Å². The Morgan fingerprint density at radius 3 is 2.29 bits per heavy atom. The van der Waals surface area contributed by atoms with Crippen molar-refractivity contribution >= 4 is 29.3 Å². The molecule has 1 rings (SSSR count). The molecule has 1 aromatic rings. The summed E-state index contributed by atoms with van der Waals surface area (Å²) in [6.07, 6.45) is 10.1. The number of allylic oxidation sites excluding steroid dienone is 7. The third kappa shape index (κ3) is 9.44. The molecule has 0 bridgehead atoms. The van der Waals surface area contributed by atoms with Gasteiger partial charge in [0.15, 0.2) is 0 Å². The van der Waals surface area contributed by atoms with Gasteiger partial charge in [0.05, 0.1) is 10.6 Å². The van der Waals surface area contributed by atoms with Crippen molar-refractivity contribution in [1.29, 1.82) is 0 Å². The molecule has 0 aromatic carbocycles. The normalized spacial score (nSPS) is 14.3. The van der Waals surface area contributed by atoms with E-state index >= 15 is 0 Å². The largest absolute Gasteiger partial charge is 0.362 e. The van der Waals surface area contributed by atoms with E-state index in [4.69, 9.17) is 0 Å². The Morgan fingerprint density at radius 2 is 1.78 bits per heavy atom. The predicted octanol–water partition coefficient (Wildman–Crippen LogP) is 2.89. The van der Waals surface area contributed by atoms with Crippen molar-refractivity contribution in [2.24, 2.45) is 0 Å². The van der Waals surface area contributed by atoms with Crippen molar-refractivity contribution in [2.45, 2.75) is 73.3 Å². The van der Waals surface area contributed by atoms with Gasteiger partial charge in [-0.25, -0.2) is 9.18 Å². The lowest BCUT2D eigenvalue weighted by Crippen LogP contribution is -2.60. The SMILES string of the molecule is C=CC(C)=CC/C=C(\CF)N/C=c1\c(=O)n(C(C)CCC)c(=O)n(/C(=C/C(=C)NC(C)=O)CC)\c1=C(/C)C(=O)NC. The van der Waals surface area contributed by atoms with Gasteiger partial charge in [0.2, 0.25) is 11.8 Å². The maximum absolute atomic E-state index is 14.0. The molecule has 41 heavy (non-hydrogen) atoms. The number of alkyl halides is 1. The fraction of sp³-hybridized carbons (Fsp3) is 0.419. The second kappa shape index (κ2) is 16.8. The first-order valence-electron chi connectivity index (χ1n) is 13.7. The van der Waals surface area contributed by atoms with Gasteiger partial charge < -0.3 is 16.0 Å². The second-order valence-corrected chi connectivity index (χ2v) is 9.63. The van der Waals surface area contributed by atoms with E-state index in [9.17, 15) is 23.6 Å². The van der Waals surface area contributed by atoms with E-state index in [-0.39, 0.29) is 33.4 Å². The number of nitrogens with zero attached hydrogens (tertiary/aromatic N) is 2. The monoisotopic (exact) mass is 569 g/mol. The van der Waals surface area contributed by atoms with Crippen LogP contribution in [-0.2, 0) is 9.59 Å². The van der Waals surface area contributed by atoms with Crippen LogP contribution in [0.3, 0.4) is 0 Å². The van der Waals surface area contributed by atoms with E-state index in [2.05, 4.69) is 29.1 Å². The van der Waals surface area contributed by atoms with Crippen LogP contribution in [0.5, 0.6) is 0 Å². The topological polar surface area (TPSA) is 114 Å². The van der Waals surface area contributed by atoms with Gasteiger partial charge in [-0.05, 0) is 46.1 Å². The first-order chi connectivity index (χ1) is 19.4. The number of aromatic nitrogens is 2. The van der Waals surface area contributed by atoms with Crippen LogP contribution in [0.15, 0.2) is 64.0 Å². The summed E-state index contributed by atoms with van der Waals surface area (Å²) in [5.41, 5.74) is 0.614. The zero-order valence-electron chi connectivity index (χ0n) is 25.3. The molecule has 0 aliphatic carbocycles. The summed E-state index contributed by atoms with van der Waals surface area (Å²) in [7, 11) is 1.44. The molecule has 224 valence electrons. The van der Waals surface area contributed by atoms with Gasteiger partial charge in [-0.15, -0.1) is 0 Å². The van der Waals surface area contributed by atoms with E-state index in [0.29, 0.717) is 25.0 Å². The van der Waals surface area contributed by atoms with Crippen molar-refractivity contribution < 1.29 is 14.0 Å². The number of carbonyl (C=O) groups excluding carboxylic acids is 2. The molecule has 0 aliphatic heterocycles. The van der Waals surface area contributed by atoms with Crippen molar-refractivity contribution in [1.82, 2.24) is 25.1 Å². The number of nitrogens with one attached hydrogen (secondary N) is 3. The molecule has 10 heteroatoms. The highest BCUT2D eigenvalue weighted by Gasteiger charge is 2.20. The van der Waals surface area contributed by atoms with E-state index in [1.54, 1.807) is 26.0 Å². The van der Waals surface area contributed by atoms with E-state index in [1.807, 2.05) is 19.9 Å². The summed E-state index contributed by atoms with van der Waals surface area (Å²) in [4.78, 5) is 52.5. The van der Waals surface area contributed by atoms with E-state index in [1.165, 1.54) is 37.7 Å². The summed E-state index contributed by atoms with van der Waals surface area (Å²) in [5.74, 6) is -0.847. The molecule has 0 radical (unpaired) electrons. The van der Waals surface area contributed by atoms with Gasteiger partial charge in [0, 0.05) is 48.9 Å². The molecule has 1 atom stereocenters. The summed E-state index contributed by atoms with van der Waals surface area (Å²) in [6, 6.07) is -0.465. The van der Waals surface area contributed by atoms with Crippen molar-refractivity contribution in [3.63, 3.8) is 0 Å². The Balaban J connectivity index is 4.36. The molecule has 1 heterocycles. The van der Waals surface area contributed by atoms with Gasteiger partial charge in [0.25, 0.3) is 5.56 Å². The Bertz CT molecular complexity index is 1490. The zero-order valence-corrected chi connectivity index (χ0v) is 25.3. The Labute approximate surface area is 241 Å². The molecule has 1 aromatic heterocycles. The van der Waals surface area contributed by atoms with Crippen LogP contribution in [0, 0.1) is 0 Å². The minimum Gasteiger partial charge on any atom is -0.362 e. The lowest BCUT2D eigenvalue weighted by atomic mass is 10.1. The number of rotatable bonds is 14. The smallest absolute Gasteiger partial charge is 0.336 e. The number of hydrogen-bond donors (Lipinski definition) is 3. The maximum Gasteiger partial charge on any atom is 0.336 e. The third-order valence-electron chi connectivity index (χ3n) is 6.39. The van der Waals surface area contributed by atoms with Crippen LogP contribution in [0.1, 0.15) is 73.3 Å².